The van der Waals surface area contributed by atoms with Crippen molar-refractivity contribution in [3.05, 3.63) is 0 Å². The monoisotopic (exact) mass is 359 g/mol. The van der Waals surface area contributed by atoms with Gasteiger partial charge in [0.15, 0.2) is 0 Å². The number of ether oxygens (including phenoxy) is 2. The molecule has 0 radical (unpaired) electrons. The Balaban J connectivity index is 3.85. The van der Waals surface area contributed by atoms with Gasteiger partial charge in [-0.2, -0.15) is 0 Å². The number of esters is 1. The highest BCUT2D eigenvalue weighted by atomic mass is 16.6. The van der Waals surface area contributed by atoms with E-state index in [-0.39, 0.29) is 6.54 Å². The number of amides is 2. The molecule has 0 aromatic heterocycles. The van der Waals surface area contributed by atoms with Gasteiger partial charge in [0, 0.05) is 6.54 Å². The average molecular weight is 359 g/mol. The maximum atomic E-state index is 11.8. The maximum Gasteiger partial charge on any atom is 0.407 e. The van der Waals surface area contributed by atoms with Crippen LogP contribution >= 0.6 is 0 Å². The summed E-state index contributed by atoms with van der Waals surface area (Å²) < 4.78 is 10.2. The number of carbonyl (C=O) groups excluding carboxylic acids is 3. The molecule has 146 valence electrons. The van der Waals surface area contributed by atoms with Crippen molar-refractivity contribution < 1.29 is 23.9 Å². The molecule has 0 saturated heterocycles. The average Bonchev–Trinajstić information content (AvgIpc) is 2.40. The van der Waals surface area contributed by atoms with Crippen LogP contribution in [0.5, 0.6) is 0 Å². The number of nitrogens with one attached hydrogen (secondary N) is 2. The van der Waals surface area contributed by atoms with Gasteiger partial charge in [0.05, 0.1) is 6.04 Å². The highest BCUT2D eigenvalue weighted by Crippen LogP contribution is 2.07. The second-order valence-corrected chi connectivity index (χ2v) is 7.84. The van der Waals surface area contributed by atoms with E-state index in [4.69, 9.17) is 15.2 Å². The molecule has 0 heterocycles. The summed E-state index contributed by atoms with van der Waals surface area (Å²) in [6, 6.07) is -0.705. The number of rotatable bonds is 8. The van der Waals surface area contributed by atoms with Crippen LogP contribution in [0.1, 0.15) is 60.8 Å². The molecule has 0 aliphatic heterocycles. The van der Waals surface area contributed by atoms with Crippen LogP contribution in [-0.4, -0.2) is 48.3 Å². The number of unbranched alkanes of at least 4 members (excludes halogenated alkanes) is 1. The molecule has 8 nitrogen and oxygen atoms in total. The van der Waals surface area contributed by atoms with Crippen LogP contribution in [0.4, 0.5) is 4.79 Å². The van der Waals surface area contributed by atoms with Crippen molar-refractivity contribution >= 4 is 18.0 Å². The van der Waals surface area contributed by atoms with Crippen LogP contribution in [0, 0.1) is 0 Å². The molecule has 0 spiro atoms. The van der Waals surface area contributed by atoms with E-state index in [0.29, 0.717) is 25.8 Å². The third kappa shape index (κ3) is 14.2. The van der Waals surface area contributed by atoms with Crippen LogP contribution < -0.4 is 16.4 Å². The summed E-state index contributed by atoms with van der Waals surface area (Å²) in [6.07, 6.45) is 1.33. The number of carbonyl (C=O) groups is 3. The summed E-state index contributed by atoms with van der Waals surface area (Å²) >= 11 is 0. The van der Waals surface area contributed by atoms with E-state index in [1.807, 2.05) is 0 Å². The zero-order valence-electron chi connectivity index (χ0n) is 16.2. The lowest BCUT2D eigenvalue weighted by atomic mass is 10.1. The van der Waals surface area contributed by atoms with Gasteiger partial charge in [0.2, 0.25) is 5.91 Å². The molecule has 4 N–H and O–H groups in total. The van der Waals surface area contributed by atoms with Crippen LogP contribution in [0.15, 0.2) is 0 Å². The number of hydrogen-bond acceptors (Lipinski definition) is 6. The van der Waals surface area contributed by atoms with E-state index in [9.17, 15) is 14.4 Å². The predicted octanol–water partition coefficient (Wildman–Crippen LogP) is 1.47. The maximum absolute atomic E-state index is 11.8. The molecule has 0 fully saturated rings. The molecule has 25 heavy (non-hydrogen) atoms. The smallest absolute Gasteiger partial charge is 0.407 e. The molecule has 1 atom stereocenters. The van der Waals surface area contributed by atoms with E-state index in [2.05, 4.69) is 10.6 Å². The standard InChI is InChI=1S/C17H33N3O5/c1-16(2,3)24-13(21)11-20-14(22)12(18)9-7-8-10-19-15(23)25-17(4,5)6/h12H,7-11,18H2,1-6H3,(H,19,23)(H,20,22)/t12-/m0/s1. The third-order valence-electron chi connectivity index (χ3n) is 2.77. The van der Waals surface area contributed by atoms with Crippen molar-refractivity contribution in [3.8, 4) is 0 Å². The molecule has 2 amide bonds. The van der Waals surface area contributed by atoms with Gasteiger partial charge in [-0.3, -0.25) is 9.59 Å². The van der Waals surface area contributed by atoms with E-state index in [0.717, 1.165) is 0 Å². The lowest BCUT2D eigenvalue weighted by molar-refractivity contribution is -0.154. The molecule has 0 rings (SSSR count). The van der Waals surface area contributed by atoms with Crippen molar-refractivity contribution in [2.45, 2.75) is 78.0 Å². The van der Waals surface area contributed by atoms with E-state index >= 15 is 0 Å². The first kappa shape index (κ1) is 23.2. The molecule has 0 unspecified atom stereocenters. The van der Waals surface area contributed by atoms with E-state index in [1.54, 1.807) is 41.5 Å². The minimum Gasteiger partial charge on any atom is -0.459 e. The lowest BCUT2D eigenvalue weighted by Crippen LogP contribution is -2.43. The lowest BCUT2D eigenvalue weighted by Gasteiger charge is -2.20. The summed E-state index contributed by atoms with van der Waals surface area (Å²) in [5.41, 5.74) is 4.66. The summed E-state index contributed by atoms with van der Waals surface area (Å²) in [5, 5.41) is 5.10. The molecule has 0 bridgehead atoms. The first-order valence-corrected chi connectivity index (χ1v) is 8.52. The summed E-state index contributed by atoms with van der Waals surface area (Å²) in [5.74, 6) is -0.902. The van der Waals surface area contributed by atoms with Gasteiger partial charge in [0.1, 0.15) is 17.7 Å². The fraction of sp³-hybridized carbons (Fsp3) is 0.824. The Labute approximate surface area is 150 Å². The largest absolute Gasteiger partial charge is 0.459 e. The number of nitrogens with two attached hydrogens (primary N) is 1. The van der Waals surface area contributed by atoms with Crippen LogP contribution in [-0.2, 0) is 19.1 Å². The molecule has 0 aromatic carbocycles. The van der Waals surface area contributed by atoms with Gasteiger partial charge >= 0.3 is 12.1 Å². The Morgan fingerprint density at radius 2 is 1.48 bits per heavy atom. The Bertz CT molecular complexity index is 452. The van der Waals surface area contributed by atoms with E-state index in [1.165, 1.54) is 0 Å². The minimum atomic E-state index is -0.705. The van der Waals surface area contributed by atoms with Gasteiger partial charge < -0.3 is 25.8 Å². The fourth-order valence-corrected chi connectivity index (χ4v) is 1.79. The number of alkyl carbamates (subject to hydrolysis) is 1. The topological polar surface area (TPSA) is 120 Å². The highest BCUT2D eigenvalue weighted by molar-refractivity contribution is 5.85. The van der Waals surface area contributed by atoms with Gasteiger partial charge in [0.25, 0.3) is 0 Å². The van der Waals surface area contributed by atoms with Crippen molar-refractivity contribution in [2.75, 3.05) is 13.1 Å². The van der Waals surface area contributed by atoms with Crippen LogP contribution in [0.2, 0.25) is 0 Å². The van der Waals surface area contributed by atoms with Crippen molar-refractivity contribution in [1.29, 1.82) is 0 Å². The highest BCUT2D eigenvalue weighted by Gasteiger charge is 2.19. The summed E-state index contributed by atoms with van der Waals surface area (Å²) in [7, 11) is 0. The molecule has 8 heteroatoms. The Kier molecular flexibility index (Phi) is 9.48. The zero-order chi connectivity index (χ0) is 19.7. The molecule has 0 aliphatic carbocycles. The first-order chi connectivity index (χ1) is 11.3. The van der Waals surface area contributed by atoms with Crippen molar-refractivity contribution in [3.63, 3.8) is 0 Å². The normalized spacial score (nSPS) is 12.9. The summed E-state index contributed by atoms with van der Waals surface area (Å²) in [4.78, 5) is 34.8. The minimum absolute atomic E-state index is 0.204. The molecule has 0 saturated carbocycles. The second-order valence-electron chi connectivity index (χ2n) is 7.84. The SMILES string of the molecule is CC(C)(C)OC(=O)CNC(=O)[C@@H](N)CCCCNC(=O)OC(C)(C)C. The van der Waals surface area contributed by atoms with E-state index < -0.39 is 35.2 Å². The van der Waals surface area contributed by atoms with Gasteiger partial charge in [-0.05, 0) is 60.8 Å². The molecule has 0 aromatic rings. The van der Waals surface area contributed by atoms with Crippen molar-refractivity contribution in [1.82, 2.24) is 10.6 Å². The Morgan fingerprint density at radius 3 is 2.00 bits per heavy atom. The van der Waals surface area contributed by atoms with Crippen LogP contribution in [0.25, 0.3) is 0 Å². The zero-order valence-corrected chi connectivity index (χ0v) is 16.2. The van der Waals surface area contributed by atoms with Crippen molar-refractivity contribution in [2.24, 2.45) is 5.73 Å². The first-order valence-electron chi connectivity index (χ1n) is 8.52. The van der Waals surface area contributed by atoms with Gasteiger partial charge in [-0.1, -0.05) is 0 Å². The molecule has 0 aliphatic rings. The van der Waals surface area contributed by atoms with Crippen LogP contribution in [0.3, 0.4) is 0 Å². The Hall–Kier alpha value is -1.83. The Morgan fingerprint density at radius 1 is 0.920 bits per heavy atom. The predicted molar refractivity (Wildman–Crippen MR) is 94.9 cm³/mol. The van der Waals surface area contributed by atoms with Gasteiger partial charge in [-0.25, -0.2) is 4.79 Å². The molecular formula is C17H33N3O5. The quantitative estimate of drug-likeness (QED) is 0.446. The molecular weight excluding hydrogens is 326 g/mol. The second kappa shape index (κ2) is 10.2. The fourth-order valence-electron chi connectivity index (χ4n) is 1.79. The third-order valence-corrected chi connectivity index (χ3v) is 2.77. The number of hydrogen-bond donors (Lipinski definition) is 3. The summed E-state index contributed by atoms with van der Waals surface area (Å²) in [6.45, 7) is 10.9. The van der Waals surface area contributed by atoms with Gasteiger partial charge in [-0.15, -0.1) is 0 Å².